The summed E-state index contributed by atoms with van der Waals surface area (Å²) in [5.41, 5.74) is 3.59. The zero-order chi connectivity index (χ0) is 30.1. The molecule has 0 aromatic heterocycles. The van der Waals surface area contributed by atoms with Crippen LogP contribution in [-0.2, 0) is 22.6 Å². The van der Waals surface area contributed by atoms with Crippen LogP contribution in [0, 0.1) is 5.92 Å². The third-order valence-electron chi connectivity index (χ3n) is 8.24. The van der Waals surface area contributed by atoms with Crippen molar-refractivity contribution in [1.82, 2.24) is 4.90 Å². The van der Waals surface area contributed by atoms with Crippen molar-refractivity contribution in [1.29, 1.82) is 0 Å². The van der Waals surface area contributed by atoms with Crippen molar-refractivity contribution in [3.63, 3.8) is 0 Å². The Hall–Kier alpha value is -5.24. The van der Waals surface area contributed by atoms with Crippen LogP contribution in [0.25, 0.3) is 0 Å². The van der Waals surface area contributed by atoms with Crippen LogP contribution in [0.3, 0.4) is 0 Å². The van der Waals surface area contributed by atoms with Gasteiger partial charge in [0, 0.05) is 6.04 Å². The Kier molecular flexibility index (Phi) is 7.50. The Morgan fingerprint density at radius 2 is 1.28 bits per heavy atom. The van der Waals surface area contributed by atoms with Crippen LogP contribution < -0.4 is 14.5 Å². The van der Waals surface area contributed by atoms with Crippen molar-refractivity contribution in [2.24, 2.45) is 5.92 Å². The number of nitrogens with zero attached hydrogens (tertiary/aromatic N) is 3. The molecule has 0 N–H and O–H groups in total. The van der Waals surface area contributed by atoms with Crippen LogP contribution in [0.15, 0.2) is 103 Å². The summed E-state index contributed by atoms with van der Waals surface area (Å²) in [5, 5.41) is 0. The molecular formula is C35H31N3O5. The molecule has 8 nitrogen and oxygen atoms in total. The van der Waals surface area contributed by atoms with Gasteiger partial charge >= 0.3 is 0 Å². The minimum absolute atomic E-state index is 0.115. The fourth-order valence-corrected chi connectivity index (χ4v) is 5.98. The SMILES string of the molecule is COc1ccc(CC2C(=O)N(Cc3ccccc3)c3ccccc3N(C(=O)CN3C(=O)c4ccccc4C3=O)C2C)cc1. The molecule has 216 valence electrons. The fraction of sp³-hybridized carbons (Fsp3) is 0.200. The van der Waals surface area contributed by atoms with Crippen molar-refractivity contribution >= 4 is 35.0 Å². The van der Waals surface area contributed by atoms with E-state index in [1.54, 1.807) is 41.2 Å². The van der Waals surface area contributed by atoms with Gasteiger partial charge in [-0.2, -0.15) is 0 Å². The molecule has 2 aliphatic rings. The summed E-state index contributed by atoms with van der Waals surface area (Å²) < 4.78 is 5.31. The molecule has 0 fully saturated rings. The lowest BCUT2D eigenvalue weighted by atomic mass is 9.90. The first-order valence-corrected chi connectivity index (χ1v) is 14.2. The highest BCUT2D eigenvalue weighted by Gasteiger charge is 2.43. The molecule has 0 bridgehead atoms. The summed E-state index contributed by atoms with van der Waals surface area (Å²) in [6, 6.07) is 30.6. The van der Waals surface area contributed by atoms with E-state index in [1.807, 2.05) is 85.8 Å². The van der Waals surface area contributed by atoms with E-state index in [2.05, 4.69) is 0 Å². The predicted molar refractivity (Wildman–Crippen MR) is 163 cm³/mol. The molecule has 2 unspecified atom stereocenters. The van der Waals surface area contributed by atoms with Crippen LogP contribution >= 0.6 is 0 Å². The van der Waals surface area contributed by atoms with E-state index in [0.717, 1.165) is 16.0 Å². The maximum absolute atomic E-state index is 14.5. The number of anilines is 2. The summed E-state index contributed by atoms with van der Waals surface area (Å²) >= 11 is 0. The molecule has 8 heteroatoms. The number of rotatable bonds is 7. The summed E-state index contributed by atoms with van der Waals surface area (Å²) in [7, 11) is 1.60. The number of para-hydroxylation sites is 2. The lowest BCUT2D eigenvalue weighted by Gasteiger charge is -2.33. The first-order valence-electron chi connectivity index (χ1n) is 14.2. The molecule has 0 radical (unpaired) electrons. The fourth-order valence-electron chi connectivity index (χ4n) is 5.98. The number of hydrogen-bond acceptors (Lipinski definition) is 5. The van der Waals surface area contributed by atoms with Gasteiger partial charge in [0.05, 0.1) is 42.1 Å². The summed E-state index contributed by atoms with van der Waals surface area (Å²) in [4.78, 5) is 59.3. The second-order valence-electron chi connectivity index (χ2n) is 10.8. The van der Waals surface area contributed by atoms with Gasteiger partial charge in [-0.1, -0.05) is 66.7 Å². The van der Waals surface area contributed by atoms with Gasteiger partial charge in [0.2, 0.25) is 11.8 Å². The van der Waals surface area contributed by atoms with E-state index in [9.17, 15) is 19.2 Å². The molecule has 2 heterocycles. The number of hydrogen-bond donors (Lipinski definition) is 0. The molecule has 4 aromatic rings. The summed E-state index contributed by atoms with van der Waals surface area (Å²) in [6.45, 7) is 1.74. The Balaban J connectivity index is 1.40. The van der Waals surface area contributed by atoms with E-state index in [1.165, 1.54) is 0 Å². The van der Waals surface area contributed by atoms with Gasteiger partial charge in [0.25, 0.3) is 11.8 Å². The minimum Gasteiger partial charge on any atom is -0.497 e. The quantitative estimate of drug-likeness (QED) is 0.287. The van der Waals surface area contributed by atoms with Gasteiger partial charge in [-0.15, -0.1) is 0 Å². The number of fused-ring (bicyclic) bond motifs is 2. The standard InChI is InChI=1S/C35H31N3O5/c1-23-29(20-24-16-18-26(43-2)19-17-24)35(42)36(21-25-10-4-3-5-11-25)30-14-8-9-15-31(30)38(23)32(39)22-37-33(40)27-12-6-7-13-28(27)34(37)41/h3-19,23,29H,20-22H2,1-2H3. The van der Waals surface area contributed by atoms with Crippen molar-refractivity contribution < 1.29 is 23.9 Å². The number of benzene rings is 4. The monoisotopic (exact) mass is 573 g/mol. The molecule has 6 rings (SSSR count). The molecule has 2 atom stereocenters. The van der Waals surface area contributed by atoms with Crippen LogP contribution in [0.2, 0.25) is 0 Å². The van der Waals surface area contributed by atoms with E-state index in [4.69, 9.17) is 4.74 Å². The van der Waals surface area contributed by atoms with Gasteiger partial charge in [0.15, 0.2) is 0 Å². The van der Waals surface area contributed by atoms with Crippen LogP contribution in [0.4, 0.5) is 11.4 Å². The zero-order valence-electron chi connectivity index (χ0n) is 24.0. The molecule has 43 heavy (non-hydrogen) atoms. The maximum Gasteiger partial charge on any atom is 0.262 e. The third-order valence-corrected chi connectivity index (χ3v) is 8.24. The Labute approximate surface area is 250 Å². The van der Waals surface area contributed by atoms with Gasteiger partial charge in [-0.25, -0.2) is 0 Å². The lowest BCUT2D eigenvalue weighted by Crippen LogP contribution is -2.50. The summed E-state index contributed by atoms with van der Waals surface area (Å²) in [5.74, 6) is -1.46. The Bertz CT molecular complexity index is 1670. The Morgan fingerprint density at radius 1 is 0.698 bits per heavy atom. The number of imide groups is 1. The maximum atomic E-state index is 14.5. The smallest absolute Gasteiger partial charge is 0.262 e. The average Bonchev–Trinajstić information content (AvgIpc) is 3.23. The van der Waals surface area contributed by atoms with E-state index >= 15 is 0 Å². The largest absolute Gasteiger partial charge is 0.497 e. The van der Waals surface area contributed by atoms with E-state index < -0.39 is 36.2 Å². The lowest BCUT2D eigenvalue weighted by molar-refractivity contribution is -0.123. The second kappa shape index (κ2) is 11.6. The highest BCUT2D eigenvalue weighted by atomic mass is 16.5. The van der Waals surface area contributed by atoms with Crippen molar-refractivity contribution in [3.05, 3.63) is 125 Å². The van der Waals surface area contributed by atoms with Gasteiger partial charge in [-0.3, -0.25) is 24.1 Å². The topological polar surface area (TPSA) is 87.2 Å². The van der Waals surface area contributed by atoms with Crippen molar-refractivity contribution in [3.8, 4) is 5.75 Å². The number of carbonyl (C=O) groups is 4. The van der Waals surface area contributed by atoms with Gasteiger partial charge in [-0.05, 0) is 60.9 Å². The normalized spacial score (nSPS) is 17.9. The molecule has 2 aliphatic heterocycles. The van der Waals surface area contributed by atoms with Crippen LogP contribution in [-0.4, -0.2) is 48.2 Å². The number of amides is 4. The summed E-state index contributed by atoms with van der Waals surface area (Å²) in [6.07, 6.45) is 0.375. The first kappa shape index (κ1) is 27.9. The zero-order valence-corrected chi connectivity index (χ0v) is 24.0. The van der Waals surface area contributed by atoms with E-state index in [0.29, 0.717) is 30.1 Å². The predicted octanol–water partition coefficient (Wildman–Crippen LogP) is 5.12. The van der Waals surface area contributed by atoms with Gasteiger partial charge in [0.1, 0.15) is 12.3 Å². The molecule has 0 saturated carbocycles. The van der Waals surface area contributed by atoms with Crippen molar-refractivity contribution in [2.75, 3.05) is 23.5 Å². The molecule has 0 saturated heterocycles. The van der Waals surface area contributed by atoms with Crippen LogP contribution in [0.1, 0.15) is 38.8 Å². The highest BCUT2D eigenvalue weighted by molar-refractivity contribution is 6.23. The van der Waals surface area contributed by atoms with Crippen molar-refractivity contribution in [2.45, 2.75) is 25.9 Å². The van der Waals surface area contributed by atoms with E-state index in [-0.39, 0.29) is 17.0 Å². The average molecular weight is 574 g/mol. The third kappa shape index (κ3) is 5.16. The Morgan fingerprint density at radius 3 is 1.91 bits per heavy atom. The molecule has 4 aromatic carbocycles. The minimum atomic E-state index is -0.615. The highest BCUT2D eigenvalue weighted by Crippen LogP contribution is 2.39. The van der Waals surface area contributed by atoms with Crippen LogP contribution in [0.5, 0.6) is 5.75 Å². The second-order valence-corrected chi connectivity index (χ2v) is 10.8. The number of methoxy groups -OCH3 is 1. The molecule has 0 spiro atoms. The molecule has 4 amide bonds. The molecular weight excluding hydrogens is 542 g/mol. The number of carbonyl (C=O) groups excluding carboxylic acids is 4. The first-order chi connectivity index (χ1) is 20.9. The molecule has 0 aliphatic carbocycles. The van der Waals surface area contributed by atoms with Gasteiger partial charge < -0.3 is 14.5 Å². The number of ether oxygens (including phenoxy) is 1.